The number of rotatable bonds is 4. The molecule has 1 fully saturated rings. The van der Waals surface area contributed by atoms with E-state index in [0.29, 0.717) is 32.2 Å². The zero-order valence-corrected chi connectivity index (χ0v) is 14.1. The van der Waals surface area contributed by atoms with Crippen molar-refractivity contribution in [1.29, 1.82) is 0 Å². The van der Waals surface area contributed by atoms with Crippen molar-refractivity contribution in [3.05, 3.63) is 47.5 Å². The van der Waals surface area contributed by atoms with Crippen molar-refractivity contribution >= 4 is 12.4 Å². The molecule has 0 radical (unpaired) electrons. The maximum atomic E-state index is 13.4. The third-order valence-corrected chi connectivity index (χ3v) is 4.03. The SMILES string of the molecule is C=CC[C@H](c1ccc(C(F)(F)F)cc1C(F)(F)F)N1CCNCC1.Cl. The van der Waals surface area contributed by atoms with Crippen molar-refractivity contribution in [2.45, 2.75) is 24.8 Å². The van der Waals surface area contributed by atoms with Crippen LogP contribution in [0.15, 0.2) is 30.9 Å². The summed E-state index contributed by atoms with van der Waals surface area (Å²) in [5.74, 6) is 0. The van der Waals surface area contributed by atoms with Gasteiger partial charge < -0.3 is 5.32 Å². The van der Waals surface area contributed by atoms with Gasteiger partial charge in [-0.3, -0.25) is 4.90 Å². The first-order valence-corrected chi connectivity index (χ1v) is 7.48. The molecule has 1 aliphatic heterocycles. The third kappa shape index (κ3) is 5.36. The highest BCUT2D eigenvalue weighted by atomic mass is 35.5. The summed E-state index contributed by atoms with van der Waals surface area (Å²) in [6.07, 6.45) is -7.95. The highest BCUT2D eigenvalue weighted by molar-refractivity contribution is 5.85. The Bertz CT molecular complexity index is 579. The second kappa shape index (κ2) is 8.42. The smallest absolute Gasteiger partial charge is 0.314 e. The van der Waals surface area contributed by atoms with Crippen LogP contribution in [0.4, 0.5) is 26.3 Å². The van der Waals surface area contributed by atoms with E-state index >= 15 is 0 Å². The van der Waals surface area contributed by atoms with Crippen LogP contribution in [0.1, 0.15) is 29.2 Å². The predicted octanol–water partition coefficient (Wildman–Crippen LogP) is 4.67. The van der Waals surface area contributed by atoms with Crippen molar-refractivity contribution in [3.63, 3.8) is 0 Å². The highest BCUT2D eigenvalue weighted by Crippen LogP contribution is 2.41. The van der Waals surface area contributed by atoms with Gasteiger partial charge in [-0.15, -0.1) is 19.0 Å². The Labute approximate surface area is 148 Å². The van der Waals surface area contributed by atoms with Gasteiger partial charge in [0.2, 0.25) is 0 Å². The van der Waals surface area contributed by atoms with Crippen LogP contribution in [0.2, 0.25) is 0 Å². The molecule has 0 bridgehead atoms. The number of nitrogens with one attached hydrogen (secondary N) is 1. The Morgan fingerprint density at radius 2 is 1.68 bits per heavy atom. The van der Waals surface area contributed by atoms with Gasteiger partial charge in [-0.25, -0.2) is 0 Å². The molecule has 1 aliphatic rings. The Balaban J connectivity index is 0.00000312. The predicted molar refractivity (Wildman–Crippen MR) is 85.7 cm³/mol. The minimum atomic E-state index is -4.86. The monoisotopic (exact) mass is 388 g/mol. The van der Waals surface area contributed by atoms with Crippen molar-refractivity contribution in [1.82, 2.24) is 10.2 Å². The van der Waals surface area contributed by atoms with Crippen LogP contribution in [0.5, 0.6) is 0 Å². The summed E-state index contributed by atoms with van der Waals surface area (Å²) in [7, 11) is 0. The fourth-order valence-electron chi connectivity index (χ4n) is 2.89. The van der Waals surface area contributed by atoms with Crippen molar-refractivity contribution in [3.8, 4) is 0 Å². The Kier molecular flexibility index (Phi) is 7.34. The number of alkyl halides is 6. The minimum absolute atomic E-state index is 0. The van der Waals surface area contributed by atoms with E-state index < -0.39 is 29.5 Å². The number of hydrogen-bond acceptors (Lipinski definition) is 2. The molecule has 2 nitrogen and oxygen atoms in total. The van der Waals surface area contributed by atoms with Gasteiger partial charge in [0.1, 0.15) is 0 Å². The number of hydrogen-bond donors (Lipinski definition) is 1. The van der Waals surface area contributed by atoms with E-state index in [9.17, 15) is 26.3 Å². The molecule has 0 saturated carbocycles. The van der Waals surface area contributed by atoms with Gasteiger partial charge in [0, 0.05) is 32.2 Å². The lowest BCUT2D eigenvalue weighted by molar-refractivity contribution is -0.143. The molecule has 0 unspecified atom stereocenters. The molecule has 1 N–H and O–H groups in total. The van der Waals surface area contributed by atoms with E-state index in [1.165, 1.54) is 6.08 Å². The van der Waals surface area contributed by atoms with Crippen molar-refractivity contribution in [2.24, 2.45) is 0 Å². The Hall–Kier alpha value is -1.25. The zero-order chi connectivity index (χ0) is 18.0. The number of nitrogens with zero attached hydrogens (tertiary/aromatic N) is 1. The van der Waals surface area contributed by atoms with Gasteiger partial charge in [-0.1, -0.05) is 12.1 Å². The van der Waals surface area contributed by atoms with Gasteiger partial charge in [0.15, 0.2) is 0 Å². The van der Waals surface area contributed by atoms with Crippen LogP contribution in [-0.4, -0.2) is 31.1 Å². The Morgan fingerprint density at radius 3 is 2.16 bits per heavy atom. The second-order valence-corrected chi connectivity index (χ2v) is 5.62. The topological polar surface area (TPSA) is 15.3 Å². The molecule has 1 aromatic carbocycles. The van der Waals surface area contributed by atoms with Crippen LogP contribution >= 0.6 is 12.4 Å². The van der Waals surface area contributed by atoms with Crippen LogP contribution in [0.25, 0.3) is 0 Å². The van der Waals surface area contributed by atoms with Crippen LogP contribution in [0, 0.1) is 0 Å². The van der Waals surface area contributed by atoms with Gasteiger partial charge in [0.25, 0.3) is 0 Å². The van der Waals surface area contributed by atoms with Crippen LogP contribution in [0.3, 0.4) is 0 Å². The summed E-state index contributed by atoms with van der Waals surface area (Å²) in [5, 5.41) is 3.10. The second-order valence-electron chi connectivity index (χ2n) is 5.62. The van der Waals surface area contributed by atoms with Gasteiger partial charge >= 0.3 is 12.4 Å². The van der Waals surface area contributed by atoms with Crippen LogP contribution in [-0.2, 0) is 12.4 Å². The van der Waals surface area contributed by atoms with Crippen molar-refractivity contribution in [2.75, 3.05) is 26.2 Å². The molecule has 142 valence electrons. The summed E-state index contributed by atoms with van der Waals surface area (Å²) in [6.45, 7) is 5.86. The maximum Gasteiger partial charge on any atom is 0.416 e. The largest absolute Gasteiger partial charge is 0.416 e. The molecule has 0 aromatic heterocycles. The lowest BCUT2D eigenvalue weighted by Crippen LogP contribution is -2.45. The van der Waals surface area contributed by atoms with E-state index in [1.807, 2.05) is 4.90 Å². The first-order chi connectivity index (χ1) is 11.1. The first kappa shape index (κ1) is 21.8. The summed E-state index contributed by atoms with van der Waals surface area (Å²) in [5.41, 5.74) is -2.67. The van der Waals surface area contributed by atoms with E-state index in [0.717, 1.165) is 6.07 Å². The molecule has 1 heterocycles. The normalized spacial score (nSPS) is 17.7. The highest BCUT2D eigenvalue weighted by Gasteiger charge is 2.40. The summed E-state index contributed by atoms with van der Waals surface area (Å²) < 4.78 is 78.4. The van der Waals surface area contributed by atoms with Crippen molar-refractivity contribution < 1.29 is 26.3 Å². The fraction of sp³-hybridized carbons (Fsp3) is 0.500. The fourth-order valence-corrected chi connectivity index (χ4v) is 2.89. The molecule has 0 amide bonds. The van der Waals surface area contributed by atoms with E-state index in [-0.39, 0.29) is 30.5 Å². The number of piperazine rings is 1. The molecule has 0 aliphatic carbocycles. The third-order valence-electron chi connectivity index (χ3n) is 4.03. The van der Waals surface area contributed by atoms with E-state index in [2.05, 4.69) is 11.9 Å². The molecule has 0 spiro atoms. The molecule has 2 rings (SSSR count). The quantitative estimate of drug-likeness (QED) is 0.595. The summed E-state index contributed by atoms with van der Waals surface area (Å²) in [6, 6.07) is 1.21. The molecule has 25 heavy (non-hydrogen) atoms. The average molecular weight is 389 g/mol. The molecule has 9 heteroatoms. The van der Waals surface area contributed by atoms with Crippen LogP contribution < -0.4 is 5.32 Å². The van der Waals surface area contributed by atoms with Gasteiger partial charge in [-0.2, -0.15) is 26.3 Å². The van der Waals surface area contributed by atoms with Gasteiger partial charge in [0.05, 0.1) is 11.1 Å². The zero-order valence-electron chi connectivity index (χ0n) is 13.3. The molecule has 1 atom stereocenters. The van der Waals surface area contributed by atoms with E-state index in [4.69, 9.17) is 0 Å². The van der Waals surface area contributed by atoms with Gasteiger partial charge in [-0.05, 0) is 24.1 Å². The number of halogens is 7. The molecule has 1 saturated heterocycles. The summed E-state index contributed by atoms with van der Waals surface area (Å²) >= 11 is 0. The molecular formula is C16H19ClF6N2. The maximum absolute atomic E-state index is 13.4. The average Bonchev–Trinajstić information content (AvgIpc) is 2.51. The lowest BCUT2D eigenvalue weighted by Gasteiger charge is -2.36. The molecular weight excluding hydrogens is 370 g/mol. The van der Waals surface area contributed by atoms with E-state index in [1.54, 1.807) is 0 Å². The Morgan fingerprint density at radius 1 is 1.08 bits per heavy atom. The summed E-state index contributed by atoms with van der Waals surface area (Å²) in [4.78, 5) is 1.84. The minimum Gasteiger partial charge on any atom is -0.314 e. The lowest BCUT2D eigenvalue weighted by atomic mass is 9.93. The first-order valence-electron chi connectivity index (χ1n) is 7.48. The standard InChI is InChI=1S/C16H18F6N2.ClH/c1-2-3-14(24-8-6-23-7-9-24)12-5-4-11(15(17,18)19)10-13(12)16(20,21)22;/h2,4-5,10,14,23H,1,3,6-9H2;1H/t14-;/m1./s1. The molecule has 1 aromatic rings. The number of benzene rings is 1.